The fourth-order valence-corrected chi connectivity index (χ4v) is 3.39. The lowest BCUT2D eigenvalue weighted by Crippen LogP contribution is -2.40. The lowest BCUT2D eigenvalue weighted by molar-refractivity contribution is -0.120. The zero-order valence-corrected chi connectivity index (χ0v) is 14.7. The molecule has 25 heavy (non-hydrogen) atoms. The molecule has 2 N–H and O–H groups in total. The number of benzene rings is 1. The average Bonchev–Trinajstić information content (AvgIpc) is 3.10. The Bertz CT molecular complexity index is 694. The summed E-state index contributed by atoms with van der Waals surface area (Å²) in [7, 11) is 0. The molecule has 1 saturated heterocycles. The summed E-state index contributed by atoms with van der Waals surface area (Å²) in [6.07, 6.45) is 0.612. The molecule has 2 heterocycles. The van der Waals surface area contributed by atoms with Crippen LogP contribution in [-0.4, -0.2) is 46.3 Å². The molecule has 2 aromatic rings. The van der Waals surface area contributed by atoms with Crippen LogP contribution >= 0.6 is 0 Å². The molecular weight excluding hydrogens is 318 g/mol. The van der Waals surface area contributed by atoms with Crippen molar-refractivity contribution in [3.63, 3.8) is 0 Å². The van der Waals surface area contributed by atoms with Gasteiger partial charge in [-0.3, -0.25) is 9.69 Å². The molecule has 0 saturated carbocycles. The predicted molar refractivity (Wildman–Crippen MR) is 94.0 cm³/mol. The summed E-state index contributed by atoms with van der Waals surface area (Å²) in [6, 6.07) is 10.3. The first-order chi connectivity index (χ1) is 12.0. The van der Waals surface area contributed by atoms with Crippen molar-refractivity contribution in [2.24, 2.45) is 0 Å². The van der Waals surface area contributed by atoms with Gasteiger partial charge in [-0.05, 0) is 25.8 Å². The number of aromatic nitrogens is 1. The van der Waals surface area contributed by atoms with E-state index in [-0.39, 0.29) is 24.5 Å². The number of β-amino-alcohol motifs (C(OH)–C–C–N with tert-alkyl or cyclic N) is 1. The lowest BCUT2D eigenvalue weighted by atomic mass is 10.1. The van der Waals surface area contributed by atoms with E-state index in [0.717, 1.165) is 17.8 Å². The minimum atomic E-state index is -0.340. The van der Waals surface area contributed by atoms with Gasteiger partial charge >= 0.3 is 0 Å². The van der Waals surface area contributed by atoms with Crippen molar-refractivity contribution >= 4 is 5.91 Å². The average molecular weight is 343 g/mol. The zero-order chi connectivity index (χ0) is 17.8. The second-order valence-corrected chi connectivity index (χ2v) is 6.74. The van der Waals surface area contributed by atoms with Gasteiger partial charge < -0.3 is 14.9 Å². The van der Waals surface area contributed by atoms with Gasteiger partial charge in [0.05, 0.1) is 18.2 Å². The van der Waals surface area contributed by atoms with Crippen molar-refractivity contribution in [2.75, 3.05) is 13.1 Å². The fraction of sp³-hybridized carbons (Fsp3) is 0.474. The molecule has 1 aromatic heterocycles. The Balaban J connectivity index is 1.54. The van der Waals surface area contributed by atoms with E-state index in [9.17, 15) is 9.90 Å². The smallest absolute Gasteiger partial charge is 0.224 e. The summed E-state index contributed by atoms with van der Waals surface area (Å²) in [5, 5.41) is 16.9. The Kier molecular flexibility index (Phi) is 5.50. The fourth-order valence-electron chi connectivity index (χ4n) is 3.39. The van der Waals surface area contributed by atoms with E-state index in [0.29, 0.717) is 25.3 Å². The van der Waals surface area contributed by atoms with E-state index < -0.39 is 0 Å². The summed E-state index contributed by atoms with van der Waals surface area (Å²) in [5.74, 6) is 0.644. The molecule has 134 valence electrons. The third-order valence-corrected chi connectivity index (χ3v) is 4.79. The third kappa shape index (κ3) is 4.46. The summed E-state index contributed by atoms with van der Waals surface area (Å²) in [5.41, 5.74) is 2.82. The van der Waals surface area contributed by atoms with E-state index in [1.54, 1.807) is 0 Å². The number of nitrogens with one attached hydrogen (secondary N) is 1. The van der Waals surface area contributed by atoms with Crippen LogP contribution in [0, 0.1) is 13.8 Å². The minimum absolute atomic E-state index is 0.0459. The molecule has 0 aliphatic carbocycles. The Hall–Kier alpha value is -2.18. The molecule has 2 atom stereocenters. The van der Waals surface area contributed by atoms with Gasteiger partial charge in [0.25, 0.3) is 0 Å². The summed E-state index contributed by atoms with van der Waals surface area (Å²) in [6.45, 7) is 5.61. The molecular formula is C19H25N3O3. The van der Waals surface area contributed by atoms with E-state index in [4.69, 9.17) is 4.52 Å². The highest BCUT2D eigenvalue weighted by molar-refractivity contribution is 5.79. The normalized spacial score (nSPS) is 20.8. The molecule has 0 spiro atoms. The van der Waals surface area contributed by atoms with E-state index >= 15 is 0 Å². The van der Waals surface area contributed by atoms with Crippen LogP contribution in [0.2, 0.25) is 0 Å². The number of hydrogen-bond acceptors (Lipinski definition) is 5. The number of aliphatic hydroxyl groups excluding tert-OH is 1. The highest BCUT2D eigenvalue weighted by Gasteiger charge is 2.31. The molecule has 0 bridgehead atoms. The molecule has 1 aliphatic rings. The molecule has 6 nitrogen and oxygen atoms in total. The Morgan fingerprint density at radius 1 is 1.36 bits per heavy atom. The molecule has 3 rings (SSSR count). The van der Waals surface area contributed by atoms with Crippen LogP contribution in [-0.2, 0) is 17.8 Å². The van der Waals surface area contributed by atoms with Crippen molar-refractivity contribution < 1.29 is 14.4 Å². The van der Waals surface area contributed by atoms with E-state index in [1.165, 1.54) is 5.56 Å². The van der Waals surface area contributed by atoms with Gasteiger partial charge in [0.15, 0.2) is 0 Å². The number of aliphatic hydroxyl groups is 1. The topological polar surface area (TPSA) is 78.6 Å². The number of hydrogen-bond donors (Lipinski definition) is 2. The maximum absolute atomic E-state index is 12.3. The van der Waals surface area contributed by atoms with Crippen LogP contribution in [0.3, 0.4) is 0 Å². The molecule has 2 unspecified atom stereocenters. The first-order valence-corrected chi connectivity index (χ1v) is 8.67. The molecule has 1 amide bonds. The zero-order valence-electron chi connectivity index (χ0n) is 14.7. The largest absolute Gasteiger partial charge is 0.392 e. The highest BCUT2D eigenvalue weighted by Crippen LogP contribution is 2.20. The predicted octanol–water partition coefficient (Wildman–Crippen LogP) is 1.59. The Morgan fingerprint density at radius 2 is 2.12 bits per heavy atom. The monoisotopic (exact) mass is 343 g/mol. The van der Waals surface area contributed by atoms with Crippen molar-refractivity contribution in [3.05, 3.63) is 52.9 Å². The molecule has 1 fully saturated rings. The van der Waals surface area contributed by atoms with Crippen molar-refractivity contribution in [2.45, 2.75) is 45.4 Å². The third-order valence-electron chi connectivity index (χ3n) is 4.79. The van der Waals surface area contributed by atoms with Gasteiger partial charge in [0.1, 0.15) is 5.76 Å². The van der Waals surface area contributed by atoms with E-state index in [1.807, 2.05) is 32.0 Å². The van der Waals surface area contributed by atoms with Gasteiger partial charge in [-0.25, -0.2) is 0 Å². The number of rotatable bonds is 6. The number of likely N-dealkylation sites (tertiary alicyclic amines) is 1. The Labute approximate surface area is 147 Å². The van der Waals surface area contributed by atoms with Crippen LogP contribution < -0.4 is 5.32 Å². The van der Waals surface area contributed by atoms with Crippen LogP contribution in [0.5, 0.6) is 0 Å². The van der Waals surface area contributed by atoms with Gasteiger partial charge in [-0.1, -0.05) is 35.5 Å². The maximum Gasteiger partial charge on any atom is 0.224 e. The highest BCUT2D eigenvalue weighted by atomic mass is 16.5. The maximum atomic E-state index is 12.3. The van der Waals surface area contributed by atoms with Gasteiger partial charge in [0, 0.05) is 31.2 Å². The van der Waals surface area contributed by atoms with Gasteiger partial charge in [-0.2, -0.15) is 0 Å². The van der Waals surface area contributed by atoms with Crippen molar-refractivity contribution in [1.29, 1.82) is 0 Å². The van der Waals surface area contributed by atoms with Crippen LogP contribution in [0.25, 0.3) is 0 Å². The lowest BCUT2D eigenvalue weighted by Gasteiger charge is -2.24. The number of aryl methyl sites for hydroxylation is 2. The van der Waals surface area contributed by atoms with Gasteiger partial charge in [-0.15, -0.1) is 0 Å². The standard InChI is InChI=1S/C19H25N3O3/c1-13-18(14(2)25-21-13)9-19(24)20-10-16-8-17(23)12-22(16)11-15-6-4-3-5-7-15/h3-7,16-17,23H,8-12H2,1-2H3,(H,20,24). The van der Waals surface area contributed by atoms with Crippen molar-refractivity contribution in [1.82, 2.24) is 15.4 Å². The molecule has 1 aromatic carbocycles. The summed E-state index contributed by atoms with van der Waals surface area (Å²) in [4.78, 5) is 14.5. The number of carbonyl (C=O) groups excluding carboxylic acids is 1. The number of nitrogens with zero attached hydrogens (tertiary/aromatic N) is 2. The quantitative estimate of drug-likeness (QED) is 0.833. The van der Waals surface area contributed by atoms with Crippen LogP contribution in [0.4, 0.5) is 0 Å². The first-order valence-electron chi connectivity index (χ1n) is 8.67. The molecule has 6 heteroatoms. The first kappa shape index (κ1) is 17.6. The number of carbonyl (C=O) groups is 1. The second-order valence-electron chi connectivity index (χ2n) is 6.74. The summed E-state index contributed by atoms with van der Waals surface area (Å²) >= 11 is 0. The van der Waals surface area contributed by atoms with Crippen LogP contribution in [0.15, 0.2) is 34.9 Å². The van der Waals surface area contributed by atoms with Gasteiger partial charge in [0.2, 0.25) is 5.91 Å². The minimum Gasteiger partial charge on any atom is -0.392 e. The van der Waals surface area contributed by atoms with E-state index in [2.05, 4.69) is 27.5 Å². The van der Waals surface area contributed by atoms with Crippen LogP contribution in [0.1, 0.15) is 29.0 Å². The van der Waals surface area contributed by atoms with Crippen molar-refractivity contribution in [3.8, 4) is 0 Å². The molecule has 0 radical (unpaired) electrons. The number of amides is 1. The Morgan fingerprint density at radius 3 is 2.80 bits per heavy atom. The molecule has 1 aliphatic heterocycles. The SMILES string of the molecule is Cc1noc(C)c1CC(=O)NCC1CC(O)CN1Cc1ccccc1. The summed E-state index contributed by atoms with van der Waals surface area (Å²) < 4.78 is 5.10. The second kappa shape index (κ2) is 7.80.